The van der Waals surface area contributed by atoms with Crippen LogP contribution >= 0.6 is 23.8 Å². The van der Waals surface area contributed by atoms with E-state index in [0.29, 0.717) is 16.6 Å². The number of amides is 1. The summed E-state index contributed by atoms with van der Waals surface area (Å²) in [5, 5.41) is 10.0. The summed E-state index contributed by atoms with van der Waals surface area (Å²) in [6.45, 7) is 2.23. The molecule has 0 saturated heterocycles. The second-order valence-corrected chi connectivity index (χ2v) is 5.06. The molecule has 1 unspecified atom stereocenters. The zero-order valence-electron chi connectivity index (χ0n) is 10.2. The third-order valence-corrected chi connectivity index (χ3v) is 3.21. The largest absolute Gasteiger partial charge is 0.507 e. The van der Waals surface area contributed by atoms with Crippen molar-refractivity contribution in [2.75, 3.05) is 13.6 Å². The zero-order valence-corrected chi connectivity index (χ0v) is 11.8. The lowest BCUT2D eigenvalue weighted by atomic mass is 10.1. The Hall–Kier alpha value is -1.33. The van der Waals surface area contributed by atoms with E-state index in [1.165, 1.54) is 23.1 Å². The Morgan fingerprint density at radius 1 is 1.61 bits per heavy atom. The van der Waals surface area contributed by atoms with Crippen LogP contribution in [0.2, 0.25) is 5.02 Å². The molecular weight excluding hydrogens is 272 g/mol. The number of rotatable bonds is 4. The fraction of sp³-hybridized carbons (Fsp3) is 0.333. The molecule has 0 radical (unpaired) electrons. The number of thiocarbonyl (C=S) groups is 1. The molecule has 1 rings (SSSR count). The van der Waals surface area contributed by atoms with E-state index in [9.17, 15) is 9.90 Å². The number of hydrogen-bond acceptors (Lipinski definition) is 3. The molecular formula is C12H15ClN2O2S. The van der Waals surface area contributed by atoms with E-state index in [0.717, 1.165) is 0 Å². The van der Waals surface area contributed by atoms with Crippen LogP contribution in [0.25, 0.3) is 0 Å². The summed E-state index contributed by atoms with van der Waals surface area (Å²) in [4.78, 5) is 13.9. The van der Waals surface area contributed by atoms with Gasteiger partial charge in [-0.15, -0.1) is 0 Å². The molecule has 1 aromatic carbocycles. The molecule has 0 spiro atoms. The first-order valence-corrected chi connectivity index (χ1v) is 6.15. The lowest BCUT2D eigenvalue weighted by molar-refractivity contribution is 0.0784. The average Bonchev–Trinajstić information content (AvgIpc) is 2.31. The molecule has 0 heterocycles. The first-order valence-electron chi connectivity index (χ1n) is 5.36. The van der Waals surface area contributed by atoms with Crippen LogP contribution in [0.4, 0.5) is 0 Å². The van der Waals surface area contributed by atoms with E-state index in [4.69, 9.17) is 29.6 Å². The monoisotopic (exact) mass is 286 g/mol. The molecule has 0 bridgehead atoms. The van der Waals surface area contributed by atoms with E-state index < -0.39 is 0 Å². The van der Waals surface area contributed by atoms with Gasteiger partial charge in [0.05, 0.1) is 10.6 Å². The van der Waals surface area contributed by atoms with Crippen LogP contribution in [-0.4, -0.2) is 34.5 Å². The highest BCUT2D eigenvalue weighted by atomic mass is 35.5. The summed E-state index contributed by atoms with van der Waals surface area (Å²) in [5.41, 5.74) is 5.67. The van der Waals surface area contributed by atoms with Crippen molar-refractivity contribution in [2.24, 2.45) is 11.7 Å². The van der Waals surface area contributed by atoms with Crippen LogP contribution < -0.4 is 5.73 Å². The third-order valence-electron chi connectivity index (χ3n) is 2.57. The predicted octanol–water partition coefficient (Wildman–Crippen LogP) is 2.04. The predicted molar refractivity (Wildman–Crippen MR) is 76.0 cm³/mol. The van der Waals surface area contributed by atoms with Crippen molar-refractivity contribution in [2.45, 2.75) is 6.92 Å². The Labute approximate surface area is 116 Å². The van der Waals surface area contributed by atoms with Crippen molar-refractivity contribution in [3.8, 4) is 5.75 Å². The molecule has 1 amide bonds. The van der Waals surface area contributed by atoms with Crippen molar-refractivity contribution in [3.63, 3.8) is 0 Å². The van der Waals surface area contributed by atoms with Crippen LogP contribution in [0.5, 0.6) is 5.75 Å². The average molecular weight is 287 g/mol. The topological polar surface area (TPSA) is 66.6 Å². The van der Waals surface area contributed by atoms with Crippen LogP contribution in [0, 0.1) is 5.92 Å². The van der Waals surface area contributed by atoms with Crippen molar-refractivity contribution in [1.29, 1.82) is 0 Å². The second-order valence-electron chi connectivity index (χ2n) is 4.15. The van der Waals surface area contributed by atoms with Crippen molar-refractivity contribution in [1.82, 2.24) is 4.90 Å². The second kappa shape index (κ2) is 6.02. The van der Waals surface area contributed by atoms with E-state index in [1.54, 1.807) is 7.05 Å². The number of carbonyl (C=O) groups is 1. The highest BCUT2D eigenvalue weighted by molar-refractivity contribution is 7.80. The first-order chi connectivity index (χ1) is 8.32. The number of hydrogen-bond donors (Lipinski definition) is 2. The van der Waals surface area contributed by atoms with Gasteiger partial charge >= 0.3 is 0 Å². The summed E-state index contributed by atoms with van der Waals surface area (Å²) < 4.78 is 0. The molecule has 3 N–H and O–H groups in total. The lowest BCUT2D eigenvalue weighted by Gasteiger charge is -2.21. The van der Waals surface area contributed by atoms with Gasteiger partial charge in [-0.3, -0.25) is 4.79 Å². The maximum Gasteiger partial charge on any atom is 0.257 e. The van der Waals surface area contributed by atoms with Gasteiger partial charge in [0.15, 0.2) is 0 Å². The van der Waals surface area contributed by atoms with Gasteiger partial charge in [0.2, 0.25) is 0 Å². The number of halogens is 1. The van der Waals surface area contributed by atoms with Gasteiger partial charge in [0.25, 0.3) is 5.91 Å². The maximum atomic E-state index is 12.1. The Morgan fingerprint density at radius 3 is 2.78 bits per heavy atom. The molecule has 0 fully saturated rings. The first kappa shape index (κ1) is 14.7. The van der Waals surface area contributed by atoms with E-state index in [2.05, 4.69) is 0 Å². The number of phenolic OH excluding ortho intramolecular Hbond substituents is 1. The molecule has 0 aliphatic rings. The lowest BCUT2D eigenvalue weighted by Crippen LogP contribution is -2.35. The summed E-state index contributed by atoms with van der Waals surface area (Å²) in [7, 11) is 1.62. The normalized spacial score (nSPS) is 11.9. The molecule has 6 heteroatoms. The van der Waals surface area contributed by atoms with Gasteiger partial charge in [0.1, 0.15) is 5.75 Å². The fourth-order valence-electron chi connectivity index (χ4n) is 1.47. The van der Waals surface area contributed by atoms with Crippen LogP contribution in [0.1, 0.15) is 17.3 Å². The van der Waals surface area contributed by atoms with Crippen molar-refractivity contribution >= 4 is 34.7 Å². The third kappa shape index (κ3) is 3.58. The summed E-state index contributed by atoms with van der Waals surface area (Å²) in [6.07, 6.45) is 0. The Morgan fingerprint density at radius 2 is 2.22 bits per heavy atom. The number of nitrogens with zero attached hydrogens (tertiary/aromatic N) is 1. The van der Waals surface area contributed by atoms with E-state index in [-0.39, 0.29) is 23.1 Å². The van der Waals surface area contributed by atoms with Crippen LogP contribution in [0.3, 0.4) is 0 Å². The van der Waals surface area contributed by atoms with Gasteiger partial charge in [-0.2, -0.15) is 0 Å². The van der Waals surface area contributed by atoms with Gasteiger partial charge in [-0.05, 0) is 18.2 Å². The van der Waals surface area contributed by atoms with Gasteiger partial charge < -0.3 is 15.7 Å². The molecule has 0 aliphatic heterocycles. The standard InChI is InChI=1S/C12H15ClN2O2S/c1-7(11(14)18)6-15(2)12(17)9-5-8(13)3-4-10(9)16/h3-5,7,16H,6H2,1-2H3,(H2,14,18). The fourth-order valence-corrected chi connectivity index (χ4v) is 1.72. The Kier molecular flexibility index (Phi) is 4.93. The molecule has 1 aromatic rings. The highest BCUT2D eigenvalue weighted by Crippen LogP contribution is 2.22. The summed E-state index contributed by atoms with van der Waals surface area (Å²) in [5.74, 6) is -0.507. The molecule has 98 valence electrons. The quantitative estimate of drug-likeness (QED) is 0.831. The van der Waals surface area contributed by atoms with Gasteiger partial charge in [-0.1, -0.05) is 30.7 Å². The summed E-state index contributed by atoms with van der Waals surface area (Å²) in [6, 6.07) is 4.34. The van der Waals surface area contributed by atoms with Crippen LogP contribution in [-0.2, 0) is 0 Å². The smallest absolute Gasteiger partial charge is 0.257 e. The molecule has 4 nitrogen and oxygen atoms in total. The Balaban J connectivity index is 2.86. The highest BCUT2D eigenvalue weighted by Gasteiger charge is 2.18. The number of carbonyl (C=O) groups excluding carboxylic acids is 1. The SMILES string of the molecule is CC(CN(C)C(=O)c1cc(Cl)ccc1O)C(N)=S. The maximum absolute atomic E-state index is 12.1. The Bertz CT molecular complexity index is 479. The molecule has 0 saturated carbocycles. The number of phenols is 1. The van der Waals surface area contributed by atoms with E-state index >= 15 is 0 Å². The zero-order chi connectivity index (χ0) is 13.9. The van der Waals surface area contributed by atoms with E-state index in [1.807, 2.05) is 6.92 Å². The molecule has 0 aliphatic carbocycles. The number of nitrogens with two attached hydrogens (primary N) is 1. The van der Waals surface area contributed by atoms with Crippen molar-refractivity contribution in [3.05, 3.63) is 28.8 Å². The van der Waals surface area contributed by atoms with Gasteiger partial charge in [-0.25, -0.2) is 0 Å². The molecule has 18 heavy (non-hydrogen) atoms. The van der Waals surface area contributed by atoms with Crippen LogP contribution in [0.15, 0.2) is 18.2 Å². The van der Waals surface area contributed by atoms with Gasteiger partial charge in [0, 0.05) is 24.5 Å². The number of aromatic hydroxyl groups is 1. The van der Waals surface area contributed by atoms with Crippen molar-refractivity contribution < 1.29 is 9.90 Å². The minimum Gasteiger partial charge on any atom is -0.507 e. The minimum atomic E-state index is -0.321. The minimum absolute atomic E-state index is 0.0877. The number of benzene rings is 1. The summed E-state index contributed by atoms with van der Waals surface area (Å²) >= 11 is 10.7. The molecule has 0 aromatic heterocycles. The molecule has 1 atom stereocenters.